The summed E-state index contributed by atoms with van der Waals surface area (Å²) >= 11 is 0. The van der Waals surface area contributed by atoms with E-state index in [0.29, 0.717) is 0 Å². The van der Waals surface area contributed by atoms with E-state index in [1.807, 2.05) is 0 Å². The monoisotopic (exact) mass is 168 g/mol. The van der Waals surface area contributed by atoms with Crippen LogP contribution in [0.25, 0.3) is 0 Å². The van der Waals surface area contributed by atoms with Gasteiger partial charge in [0, 0.05) is 0 Å². The molecule has 0 saturated heterocycles. The predicted molar refractivity (Wildman–Crippen MR) is 43.0 cm³/mol. The van der Waals surface area contributed by atoms with E-state index in [1.54, 1.807) is 0 Å². The quantitative estimate of drug-likeness (QED) is 0.446. The zero-order valence-corrected chi connectivity index (χ0v) is 6.34. The van der Waals surface area contributed by atoms with Crippen molar-refractivity contribution < 1.29 is 19.9 Å². The first-order valence-electron chi connectivity index (χ1n) is 3.56. The van der Waals surface area contributed by atoms with Crippen molar-refractivity contribution in [1.29, 1.82) is 0 Å². The maximum atomic E-state index is 11.0. The molecule has 0 heterocycles. The van der Waals surface area contributed by atoms with Crippen LogP contribution in [0.3, 0.4) is 0 Å². The summed E-state index contributed by atoms with van der Waals surface area (Å²) in [6.45, 7) is -0.396. The third-order valence-corrected chi connectivity index (χ3v) is 1.78. The van der Waals surface area contributed by atoms with Crippen LogP contribution in [0.4, 0.5) is 0 Å². The van der Waals surface area contributed by atoms with E-state index in [4.69, 9.17) is 15.2 Å². The first-order chi connectivity index (χ1) is 5.66. The summed E-state index contributed by atoms with van der Waals surface area (Å²) in [5, 5.41) is 26.3. The van der Waals surface area contributed by atoms with Gasteiger partial charge >= 0.3 is 7.12 Å². The molecule has 0 fully saturated rings. The largest absolute Gasteiger partial charge is 0.484 e. The molecule has 64 valence electrons. The SMILES string of the molecule is O=C1C=CC=C(B(O)O)C1CO. The lowest BCUT2D eigenvalue weighted by atomic mass is 9.69. The van der Waals surface area contributed by atoms with Crippen molar-refractivity contribution in [2.75, 3.05) is 6.61 Å². The summed E-state index contributed by atoms with van der Waals surface area (Å²) in [6.07, 6.45) is 4.16. The van der Waals surface area contributed by atoms with Crippen molar-refractivity contribution in [1.82, 2.24) is 0 Å². The number of aliphatic hydroxyl groups is 1. The van der Waals surface area contributed by atoms with Crippen LogP contribution >= 0.6 is 0 Å². The van der Waals surface area contributed by atoms with Crippen molar-refractivity contribution in [3.63, 3.8) is 0 Å². The van der Waals surface area contributed by atoms with Gasteiger partial charge in [-0.15, -0.1) is 0 Å². The minimum absolute atomic E-state index is 0.144. The number of carbonyl (C=O) groups is 1. The highest BCUT2D eigenvalue weighted by atomic mass is 16.4. The third kappa shape index (κ3) is 1.63. The highest BCUT2D eigenvalue weighted by Gasteiger charge is 2.29. The molecule has 3 N–H and O–H groups in total. The summed E-state index contributed by atoms with van der Waals surface area (Å²) in [6, 6.07) is 0. The Labute approximate surface area is 70.0 Å². The number of rotatable bonds is 2. The summed E-state index contributed by atoms with van der Waals surface area (Å²) in [4.78, 5) is 11.0. The zero-order valence-electron chi connectivity index (χ0n) is 6.34. The van der Waals surface area contributed by atoms with Gasteiger partial charge in [-0.25, -0.2) is 0 Å². The minimum atomic E-state index is -1.67. The average molecular weight is 168 g/mol. The molecule has 1 unspecified atom stereocenters. The van der Waals surface area contributed by atoms with Crippen LogP contribution < -0.4 is 0 Å². The summed E-state index contributed by atoms with van der Waals surface area (Å²) in [5.41, 5.74) is 0.144. The Morgan fingerprint density at radius 1 is 1.50 bits per heavy atom. The molecule has 12 heavy (non-hydrogen) atoms. The first kappa shape index (κ1) is 9.19. The number of aliphatic hydroxyl groups excluding tert-OH is 1. The van der Waals surface area contributed by atoms with E-state index in [-0.39, 0.29) is 11.3 Å². The Kier molecular flexibility index (Phi) is 2.81. The third-order valence-electron chi connectivity index (χ3n) is 1.78. The van der Waals surface area contributed by atoms with Crippen LogP contribution in [0.1, 0.15) is 0 Å². The van der Waals surface area contributed by atoms with Gasteiger partial charge < -0.3 is 15.2 Å². The predicted octanol–water partition coefficient (Wildman–Crippen LogP) is -1.33. The molecule has 0 spiro atoms. The van der Waals surface area contributed by atoms with Gasteiger partial charge in [0.25, 0.3) is 0 Å². The van der Waals surface area contributed by atoms with Crippen LogP contribution in [0.2, 0.25) is 0 Å². The fourth-order valence-electron chi connectivity index (χ4n) is 1.11. The molecule has 1 rings (SSSR count). The van der Waals surface area contributed by atoms with E-state index in [2.05, 4.69) is 0 Å². The zero-order chi connectivity index (χ0) is 9.14. The van der Waals surface area contributed by atoms with Crippen molar-refractivity contribution in [3.8, 4) is 0 Å². The van der Waals surface area contributed by atoms with E-state index in [0.717, 1.165) is 0 Å². The van der Waals surface area contributed by atoms with Gasteiger partial charge in [-0.05, 0) is 11.5 Å². The molecular weight excluding hydrogens is 159 g/mol. The normalized spacial score (nSPS) is 22.4. The summed E-state index contributed by atoms with van der Waals surface area (Å²) < 4.78 is 0. The van der Waals surface area contributed by atoms with Crippen LogP contribution in [0.5, 0.6) is 0 Å². The summed E-state index contributed by atoms with van der Waals surface area (Å²) in [5.74, 6) is -1.10. The highest BCUT2D eigenvalue weighted by Crippen LogP contribution is 2.17. The number of ketones is 1. The average Bonchev–Trinajstić information content (AvgIpc) is 2.03. The molecule has 0 aromatic carbocycles. The molecule has 0 saturated carbocycles. The van der Waals surface area contributed by atoms with Crippen molar-refractivity contribution in [3.05, 3.63) is 23.7 Å². The maximum absolute atomic E-state index is 11.0. The molecular formula is C7H9BO4. The standard InChI is InChI=1S/C7H9BO4/c9-4-5-6(8(11)12)2-1-3-7(5)10/h1-3,5,9,11-12H,4H2. The Morgan fingerprint density at radius 3 is 2.58 bits per heavy atom. The number of carbonyl (C=O) groups excluding carboxylic acids is 1. The Balaban J connectivity index is 2.88. The molecule has 0 radical (unpaired) electrons. The molecule has 0 aromatic heterocycles. The van der Waals surface area contributed by atoms with Gasteiger partial charge in [0.15, 0.2) is 5.78 Å². The van der Waals surface area contributed by atoms with Crippen molar-refractivity contribution >= 4 is 12.9 Å². The fraction of sp³-hybridized carbons (Fsp3) is 0.286. The number of hydrogen-bond acceptors (Lipinski definition) is 4. The smallest absolute Gasteiger partial charge is 0.423 e. The molecule has 0 aliphatic heterocycles. The number of hydrogen-bond donors (Lipinski definition) is 3. The van der Waals surface area contributed by atoms with E-state index in [1.165, 1.54) is 18.2 Å². The second kappa shape index (κ2) is 3.66. The minimum Gasteiger partial charge on any atom is -0.423 e. The Bertz CT molecular complexity index is 244. The van der Waals surface area contributed by atoms with Crippen molar-refractivity contribution in [2.45, 2.75) is 0 Å². The summed E-state index contributed by atoms with van der Waals surface area (Å²) in [7, 11) is -1.67. The molecule has 1 aliphatic rings. The Hall–Kier alpha value is -0.905. The van der Waals surface area contributed by atoms with Crippen molar-refractivity contribution in [2.24, 2.45) is 5.92 Å². The number of allylic oxidation sites excluding steroid dienone is 3. The maximum Gasteiger partial charge on any atom is 0.484 e. The fourth-order valence-corrected chi connectivity index (χ4v) is 1.11. The van der Waals surface area contributed by atoms with Gasteiger partial charge in [0.1, 0.15) is 0 Å². The highest BCUT2D eigenvalue weighted by molar-refractivity contribution is 6.52. The molecule has 0 aromatic rings. The van der Waals surface area contributed by atoms with Gasteiger partial charge in [0.05, 0.1) is 12.5 Å². The second-order valence-electron chi connectivity index (χ2n) is 2.54. The lowest BCUT2D eigenvalue weighted by molar-refractivity contribution is -0.118. The molecule has 4 nitrogen and oxygen atoms in total. The molecule has 1 atom stereocenters. The van der Waals surface area contributed by atoms with E-state index >= 15 is 0 Å². The van der Waals surface area contributed by atoms with Gasteiger partial charge in [-0.3, -0.25) is 4.79 Å². The van der Waals surface area contributed by atoms with Gasteiger partial charge in [0.2, 0.25) is 0 Å². The van der Waals surface area contributed by atoms with Crippen LogP contribution in [-0.2, 0) is 4.79 Å². The molecule has 0 bridgehead atoms. The van der Waals surface area contributed by atoms with E-state index in [9.17, 15) is 4.79 Å². The van der Waals surface area contributed by atoms with Crippen LogP contribution in [0, 0.1) is 5.92 Å². The Morgan fingerprint density at radius 2 is 2.17 bits per heavy atom. The van der Waals surface area contributed by atoms with Crippen LogP contribution in [-0.4, -0.2) is 34.7 Å². The lowest BCUT2D eigenvalue weighted by Crippen LogP contribution is -2.30. The topological polar surface area (TPSA) is 77.8 Å². The first-order valence-corrected chi connectivity index (χ1v) is 3.56. The lowest BCUT2D eigenvalue weighted by Gasteiger charge is -2.16. The second-order valence-corrected chi connectivity index (χ2v) is 2.54. The van der Waals surface area contributed by atoms with Crippen LogP contribution in [0.15, 0.2) is 23.7 Å². The van der Waals surface area contributed by atoms with Gasteiger partial charge in [-0.1, -0.05) is 12.2 Å². The molecule has 5 heteroatoms. The van der Waals surface area contributed by atoms with E-state index < -0.39 is 19.6 Å². The molecule has 0 amide bonds. The molecule has 1 aliphatic carbocycles. The van der Waals surface area contributed by atoms with Gasteiger partial charge in [-0.2, -0.15) is 0 Å².